The number of benzene rings is 1. The molecule has 1 aliphatic heterocycles. The Morgan fingerprint density at radius 1 is 1.17 bits per heavy atom. The Labute approximate surface area is 106 Å². The van der Waals surface area contributed by atoms with E-state index in [4.69, 9.17) is 4.74 Å². The lowest BCUT2D eigenvalue weighted by molar-refractivity contribution is 0.144. The van der Waals surface area contributed by atoms with Gasteiger partial charge in [-0.3, -0.25) is 4.90 Å². The molecule has 1 aromatic carbocycles. The molecule has 0 N–H and O–H groups in total. The van der Waals surface area contributed by atoms with E-state index in [2.05, 4.69) is 4.90 Å². The van der Waals surface area contributed by atoms with Gasteiger partial charge in [0.2, 0.25) is 0 Å². The molecular formula is C13H18F2N2O. The molecule has 1 fully saturated rings. The second-order valence-electron chi connectivity index (χ2n) is 4.42. The summed E-state index contributed by atoms with van der Waals surface area (Å²) in [5, 5.41) is 0. The molecule has 0 atom stereocenters. The Bertz CT molecular complexity index is 393. The average Bonchev–Trinajstić information content (AvgIpc) is 2.37. The van der Waals surface area contributed by atoms with E-state index in [1.807, 2.05) is 4.90 Å². The van der Waals surface area contributed by atoms with Crippen LogP contribution in [0.4, 0.5) is 14.5 Å². The second kappa shape index (κ2) is 6.11. The van der Waals surface area contributed by atoms with Crippen molar-refractivity contribution in [3.8, 4) is 0 Å². The lowest BCUT2D eigenvalue weighted by atomic mass is 10.2. The zero-order chi connectivity index (χ0) is 13.0. The third kappa shape index (κ3) is 3.17. The molecule has 1 heterocycles. The molecule has 100 valence electrons. The van der Waals surface area contributed by atoms with Gasteiger partial charge in [-0.2, -0.15) is 0 Å². The monoisotopic (exact) mass is 256 g/mol. The van der Waals surface area contributed by atoms with Crippen molar-refractivity contribution < 1.29 is 13.5 Å². The highest BCUT2D eigenvalue weighted by Gasteiger charge is 2.19. The minimum absolute atomic E-state index is 0.486. The Kier molecular flexibility index (Phi) is 4.49. The fourth-order valence-electron chi connectivity index (χ4n) is 2.17. The first-order valence-corrected chi connectivity index (χ1v) is 6.12. The molecule has 0 unspecified atom stereocenters. The number of ether oxygens (including phenoxy) is 1. The number of hydrogen-bond acceptors (Lipinski definition) is 3. The van der Waals surface area contributed by atoms with Crippen LogP contribution < -0.4 is 4.90 Å². The second-order valence-corrected chi connectivity index (χ2v) is 4.42. The number of methoxy groups -OCH3 is 1. The molecule has 0 aliphatic carbocycles. The molecule has 3 nitrogen and oxygen atoms in total. The maximum absolute atomic E-state index is 13.6. The van der Waals surface area contributed by atoms with Crippen molar-refractivity contribution in [2.24, 2.45) is 0 Å². The summed E-state index contributed by atoms with van der Waals surface area (Å²) in [4.78, 5) is 4.24. The Morgan fingerprint density at radius 3 is 2.50 bits per heavy atom. The van der Waals surface area contributed by atoms with Gasteiger partial charge in [0.25, 0.3) is 0 Å². The van der Waals surface area contributed by atoms with Gasteiger partial charge in [0, 0.05) is 45.9 Å². The Hall–Kier alpha value is -1.20. The maximum atomic E-state index is 13.6. The third-order valence-corrected chi connectivity index (χ3v) is 3.23. The highest BCUT2D eigenvalue weighted by Crippen LogP contribution is 2.21. The number of piperazine rings is 1. The van der Waals surface area contributed by atoms with E-state index in [1.54, 1.807) is 7.11 Å². The molecule has 0 bridgehead atoms. The number of hydrogen-bond donors (Lipinski definition) is 0. The van der Waals surface area contributed by atoms with Crippen LogP contribution in [0, 0.1) is 11.6 Å². The number of nitrogens with zero attached hydrogens (tertiary/aromatic N) is 2. The summed E-state index contributed by atoms with van der Waals surface area (Å²) < 4.78 is 31.5. The molecule has 2 rings (SSSR count). The SMILES string of the molecule is COCCN1CCN(c2ccc(F)cc2F)CC1. The predicted molar refractivity (Wildman–Crippen MR) is 66.9 cm³/mol. The highest BCUT2D eigenvalue weighted by atomic mass is 19.1. The van der Waals surface area contributed by atoms with Gasteiger partial charge in [-0.15, -0.1) is 0 Å². The Balaban J connectivity index is 1.93. The topological polar surface area (TPSA) is 15.7 Å². The molecule has 0 saturated carbocycles. The van der Waals surface area contributed by atoms with Gasteiger partial charge in [-0.1, -0.05) is 0 Å². The van der Waals surface area contributed by atoms with Crippen LogP contribution in [0.15, 0.2) is 18.2 Å². The van der Waals surface area contributed by atoms with Gasteiger partial charge < -0.3 is 9.64 Å². The normalized spacial score (nSPS) is 17.2. The lowest BCUT2D eigenvalue weighted by Crippen LogP contribution is -2.47. The van der Waals surface area contributed by atoms with E-state index in [1.165, 1.54) is 12.1 Å². The van der Waals surface area contributed by atoms with E-state index in [0.29, 0.717) is 12.3 Å². The first-order chi connectivity index (χ1) is 8.70. The van der Waals surface area contributed by atoms with Crippen LogP contribution in [-0.2, 0) is 4.74 Å². The first-order valence-electron chi connectivity index (χ1n) is 6.12. The summed E-state index contributed by atoms with van der Waals surface area (Å²) in [6.45, 7) is 4.88. The zero-order valence-corrected chi connectivity index (χ0v) is 10.5. The molecule has 5 heteroatoms. The summed E-state index contributed by atoms with van der Waals surface area (Å²) in [6.07, 6.45) is 0. The summed E-state index contributed by atoms with van der Waals surface area (Å²) in [7, 11) is 1.68. The standard InChI is InChI=1S/C13H18F2N2O/c1-18-9-8-16-4-6-17(7-5-16)13-3-2-11(14)10-12(13)15/h2-3,10H,4-9H2,1H3. The van der Waals surface area contributed by atoms with Crippen molar-refractivity contribution in [2.45, 2.75) is 0 Å². The van der Waals surface area contributed by atoms with Crippen LogP contribution in [0.2, 0.25) is 0 Å². The largest absolute Gasteiger partial charge is 0.383 e. The minimum Gasteiger partial charge on any atom is -0.383 e. The summed E-state index contributed by atoms with van der Waals surface area (Å²) in [5.41, 5.74) is 0.489. The number of anilines is 1. The zero-order valence-electron chi connectivity index (χ0n) is 10.5. The summed E-state index contributed by atoms with van der Waals surface area (Å²) in [5.74, 6) is -1.02. The van der Waals surface area contributed by atoms with Crippen LogP contribution in [-0.4, -0.2) is 51.3 Å². The molecule has 1 aliphatic rings. The van der Waals surface area contributed by atoms with Crippen LogP contribution >= 0.6 is 0 Å². The molecule has 1 aromatic rings. The lowest BCUT2D eigenvalue weighted by Gasteiger charge is -2.36. The van der Waals surface area contributed by atoms with Crippen molar-refractivity contribution in [3.63, 3.8) is 0 Å². The predicted octanol–water partition coefficient (Wildman–Crippen LogP) is 1.73. The molecular weight excluding hydrogens is 238 g/mol. The van der Waals surface area contributed by atoms with Crippen molar-refractivity contribution in [2.75, 3.05) is 51.3 Å². The van der Waals surface area contributed by atoms with E-state index in [9.17, 15) is 8.78 Å². The molecule has 0 spiro atoms. The number of rotatable bonds is 4. The summed E-state index contributed by atoms with van der Waals surface area (Å²) in [6, 6.07) is 3.75. The van der Waals surface area contributed by atoms with Crippen molar-refractivity contribution in [1.82, 2.24) is 4.90 Å². The van der Waals surface area contributed by atoms with Crippen molar-refractivity contribution >= 4 is 5.69 Å². The van der Waals surface area contributed by atoms with Gasteiger partial charge in [0.05, 0.1) is 12.3 Å². The van der Waals surface area contributed by atoms with E-state index >= 15 is 0 Å². The maximum Gasteiger partial charge on any atom is 0.149 e. The van der Waals surface area contributed by atoms with Gasteiger partial charge in [0.1, 0.15) is 11.6 Å². The molecule has 0 amide bonds. The molecule has 0 aromatic heterocycles. The van der Waals surface area contributed by atoms with Gasteiger partial charge in [-0.25, -0.2) is 8.78 Å². The van der Waals surface area contributed by atoms with Crippen LogP contribution in [0.5, 0.6) is 0 Å². The average molecular weight is 256 g/mol. The number of halogens is 2. The van der Waals surface area contributed by atoms with Crippen LogP contribution in [0.1, 0.15) is 0 Å². The minimum atomic E-state index is -0.532. The summed E-state index contributed by atoms with van der Waals surface area (Å²) >= 11 is 0. The van der Waals surface area contributed by atoms with E-state index in [-0.39, 0.29) is 0 Å². The highest BCUT2D eigenvalue weighted by molar-refractivity contribution is 5.48. The van der Waals surface area contributed by atoms with Crippen LogP contribution in [0.3, 0.4) is 0 Å². The Morgan fingerprint density at radius 2 is 1.89 bits per heavy atom. The van der Waals surface area contributed by atoms with Gasteiger partial charge >= 0.3 is 0 Å². The molecule has 18 heavy (non-hydrogen) atoms. The van der Waals surface area contributed by atoms with E-state index < -0.39 is 11.6 Å². The smallest absolute Gasteiger partial charge is 0.149 e. The molecule has 1 saturated heterocycles. The van der Waals surface area contributed by atoms with Gasteiger partial charge in [0.15, 0.2) is 0 Å². The van der Waals surface area contributed by atoms with E-state index in [0.717, 1.165) is 38.8 Å². The van der Waals surface area contributed by atoms with Crippen molar-refractivity contribution in [3.05, 3.63) is 29.8 Å². The molecule has 0 radical (unpaired) electrons. The van der Waals surface area contributed by atoms with Crippen molar-refractivity contribution in [1.29, 1.82) is 0 Å². The fourth-order valence-corrected chi connectivity index (χ4v) is 2.17. The first kappa shape index (κ1) is 13.2. The quantitative estimate of drug-likeness (QED) is 0.816. The third-order valence-electron chi connectivity index (χ3n) is 3.23. The van der Waals surface area contributed by atoms with Crippen LogP contribution in [0.25, 0.3) is 0 Å². The van der Waals surface area contributed by atoms with Gasteiger partial charge in [-0.05, 0) is 12.1 Å². The fraction of sp³-hybridized carbons (Fsp3) is 0.538.